The Morgan fingerprint density at radius 1 is 0.263 bits per heavy atom. The molecule has 11 rings (SSSR count). The van der Waals surface area contributed by atoms with Gasteiger partial charge in [-0.25, -0.2) is 0 Å². The molecule has 1 aliphatic carbocycles. The number of hydrogen-bond donors (Lipinski definition) is 0. The van der Waals surface area contributed by atoms with Crippen molar-refractivity contribution in [1.29, 1.82) is 0 Å². The lowest BCUT2D eigenvalue weighted by Crippen LogP contribution is -2.14. The van der Waals surface area contributed by atoms with E-state index < -0.39 is 0 Å². The molecule has 0 unspecified atom stereocenters. The molecule has 0 saturated heterocycles. The average Bonchev–Trinajstić information content (AvgIpc) is 3.51. The molecule has 0 saturated carbocycles. The highest BCUT2D eigenvalue weighted by molar-refractivity contribution is 6.24. The minimum absolute atomic E-state index is 0.0985. The summed E-state index contributed by atoms with van der Waals surface area (Å²) in [5.74, 6) is 0. The second-order valence-electron chi connectivity index (χ2n) is 16.0. The topological polar surface area (TPSA) is 0 Å². The molecular formula is C57H40. The van der Waals surface area contributed by atoms with E-state index in [-0.39, 0.29) is 5.41 Å². The molecular weight excluding hydrogens is 685 g/mol. The molecule has 0 nitrogen and oxygen atoms in total. The molecule has 0 bridgehead atoms. The normalized spacial score (nSPS) is 12.9. The molecule has 268 valence electrons. The molecule has 0 spiro atoms. The van der Waals surface area contributed by atoms with E-state index in [4.69, 9.17) is 0 Å². The van der Waals surface area contributed by atoms with Crippen LogP contribution in [0.3, 0.4) is 0 Å². The van der Waals surface area contributed by atoms with Crippen molar-refractivity contribution in [3.8, 4) is 66.8 Å². The van der Waals surface area contributed by atoms with E-state index in [1.807, 2.05) is 0 Å². The van der Waals surface area contributed by atoms with Crippen LogP contribution in [0.5, 0.6) is 0 Å². The van der Waals surface area contributed by atoms with Gasteiger partial charge in [-0.3, -0.25) is 0 Å². The first kappa shape index (κ1) is 33.3. The van der Waals surface area contributed by atoms with Crippen LogP contribution in [0.1, 0.15) is 25.0 Å². The van der Waals surface area contributed by atoms with Gasteiger partial charge < -0.3 is 0 Å². The fourth-order valence-electron chi connectivity index (χ4n) is 9.70. The molecule has 0 N–H and O–H groups in total. The molecule has 0 aliphatic heterocycles. The first-order valence-electron chi connectivity index (χ1n) is 20.0. The first-order valence-corrected chi connectivity index (χ1v) is 20.0. The SMILES string of the molecule is CC1(C)c2ccccc2-c2c(-c3c4ccccc4c(-c4ccccc4-c4ccc(-c5ccccc5)cc4)c4ccc(-c5ccc6ccccc6c5)cc34)cccc21. The lowest BCUT2D eigenvalue weighted by Gasteiger charge is -2.23. The van der Waals surface area contributed by atoms with Crippen LogP contribution < -0.4 is 0 Å². The maximum Gasteiger partial charge on any atom is 0.0159 e. The zero-order valence-corrected chi connectivity index (χ0v) is 32.1. The van der Waals surface area contributed by atoms with Gasteiger partial charge in [0.25, 0.3) is 0 Å². The fraction of sp³-hybridized carbons (Fsp3) is 0.0526. The highest BCUT2D eigenvalue weighted by atomic mass is 14.4. The van der Waals surface area contributed by atoms with Gasteiger partial charge >= 0.3 is 0 Å². The van der Waals surface area contributed by atoms with Crippen molar-refractivity contribution in [2.75, 3.05) is 0 Å². The third-order valence-electron chi connectivity index (χ3n) is 12.5. The Balaban J connectivity index is 1.22. The van der Waals surface area contributed by atoms with Gasteiger partial charge in [0.1, 0.15) is 0 Å². The standard InChI is InChI=1S/C57H40/c1-57(2)52-25-13-12-23-49(52)56-50(24-14-26-53(56)57)55-47-22-11-10-21-46(47)54(48-34-33-43(36-51(48)55)42-32-29-38-17-6-7-18-41(38)35-42)45-20-9-8-19-44(45)40-30-27-39(28-31-40)37-15-4-3-5-16-37/h3-36H,1-2H3. The van der Waals surface area contributed by atoms with E-state index >= 15 is 0 Å². The van der Waals surface area contributed by atoms with Gasteiger partial charge in [0.05, 0.1) is 0 Å². The Morgan fingerprint density at radius 3 is 1.56 bits per heavy atom. The molecule has 10 aromatic carbocycles. The maximum absolute atomic E-state index is 2.47. The monoisotopic (exact) mass is 724 g/mol. The average molecular weight is 725 g/mol. The first-order chi connectivity index (χ1) is 28.0. The molecule has 1 aliphatic rings. The zero-order valence-electron chi connectivity index (χ0n) is 32.1. The number of fused-ring (bicyclic) bond motifs is 6. The van der Waals surface area contributed by atoms with Crippen molar-refractivity contribution in [1.82, 2.24) is 0 Å². The highest BCUT2D eigenvalue weighted by Gasteiger charge is 2.37. The summed E-state index contributed by atoms with van der Waals surface area (Å²) in [6, 6.07) is 76.5. The molecule has 0 heteroatoms. The van der Waals surface area contributed by atoms with Crippen molar-refractivity contribution >= 4 is 32.3 Å². The molecule has 0 heterocycles. The predicted octanol–water partition coefficient (Wildman–Crippen LogP) is 15.8. The Labute approximate surface area is 334 Å². The van der Waals surface area contributed by atoms with Gasteiger partial charge in [-0.15, -0.1) is 0 Å². The van der Waals surface area contributed by atoms with Crippen molar-refractivity contribution in [2.45, 2.75) is 19.3 Å². The Hall–Kier alpha value is -7.02. The third-order valence-corrected chi connectivity index (χ3v) is 12.5. The van der Waals surface area contributed by atoms with Crippen LogP contribution in [0.4, 0.5) is 0 Å². The number of benzene rings is 10. The lowest BCUT2D eigenvalue weighted by molar-refractivity contribution is 0.660. The van der Waals surface area contributed by atoms with E-state index in [2.05, 4.69) is 220 Å². The molecule has 0 atom stereocenters. The van der Waals surface area contributed by atoms with Gasteiger partial charge in [-0.1, -0.05) is 208 Å². The summed E-state index contributed by atoms with van der Waals surface area (Å²) in [7, 11) is 0. The van der Waals surface area contributed by atoms with E-state index in [0.29, 0.717) is 0 Å². The molecule has 0 aromatic heterocycles. The van der Waals surface area contributed by atoms with Crippen molar-refractivity contribution in [3.05, 3.63) is 217 Å². The summed E-state index contributed by atoms with van der Waals surface area (Å²) in [6.07, 6.45) is 0. The van der Waals surface area contributed by atoms with Crippen LogP contribution in [0.2, 0.25) is 0 Å². The van der Waals surface area contributed by atoms with E-state index in [9.17, 15) is 0 Å². The number of rotatable bonds is 5. The van der Waals surface area contributed by atoms with Crippen LogP contribution in [0.25, 0.3) is 99.1 Å². The zero-order chi connectivity index (χ0) is 38.1. The Kier molecular flexibility index (Phi) is 7.63. The van der Waals surface area contributed by atoms with Crippen LogP contribution in [0, 0.1) is 0 Å². The maximum atomic E-state index is 2.47. The molecule has 0 radical (unpaired) electrons. The van der Waals surface area contributed by atoms with E-state index in [1.165, 1.54) is 110 Å². The fourth-order valence-corrected chi connectivity index (χ4v) is 9.70. The van der Waals surface area contributed by atoms with Crippen molar-refractivity contribution < 1.29 is 0 Å². The van der Waals surface area contributed by atoms with Gasteiger partial charge in [-0.05, 0) is 122 Å². The Morgan fingerprint density at radius 2 is 0.772 bits per heavy atom. The lowest BCUT2D eigenvalue weighted by atomic mass is 9.80. The van der Waals surface area contributed by atoms with Crippen molar-refractivity contribution in [3.63, 3.8) is 0 Å². The van der Waals surface area contributed by atoms with Gasteiger partial charge in [0, 0.05) is 5.41 Å². The molecule has 10 aromatic rings. The van der Waals surface area contributed by atoms with Crippen LogP contribution in [-0.4, -0.2) is 0 Å². The minimum atomic E-state index is -0.0985. The second-order valence-corrected chi connectivity index (χ2v) is 16.0. The molecule has 57 heavy (non-hydrogen) atoms. The smallest absolute Gasteiger partial charge is 0.0159 e. The summed E-state index contributed by atoms with van der Waals surface area (Å²) in [6.45, 7) is 4.75. The summed E-state index contributed by atoms with van der Waals surface area (Å²) in [4.78, 5) is 0. The van der Waals surface area contributed by atoms with Crippen LogP contribution >= 0.6 is 0 Å². The van der Waals surface area contributed by atoms with Gasteiger partial charge in [0.15, 0.2) is 0 Å². The summed E-state index contributed by atoms with van der Waals surface area (Å²) < 4.78 is 0. The summed E-state index contributed by atoms with van der Waals surface area (Å²) >= 11 is 0. The van der Waals surface area contributed by atoms with Gasteiger partial charge in [0.2, 0.25) is 0 Å². The Bertz CT molecular complexity index is 3180. The predicted molar refractivity (Wildman–Crippen MR) is 244 cm³/mol. The van der Waals surface area contributed by atoms with Gasteiger partial charge in [-0.2, -0.15) is 0 Å². The van der Waals surface area contributed by atoms with Crippen LogP contribution in [-0.2, 0) is 5.41 Å². The third kappa shape index (κ3) is 5.29. The van der Waals surface area contributed by atoms with E-state index in [0.717, 1.165) is 0 Å². The molecule has 0 fully saturated rings. The van der Waals surface area contributed by atoms with E-state index in [1.54, 1.807) is 0 Å². The summed E-state index contributed by atoms with van der Waals surface area (Å²) in [5, 5.41) is 7.55. The quantitative estimate of drug-likeness (QED) is 0.155. The molecule has 0 amide bonds. The van der Waals surface area contributed by atoms with Crippen LogP contribution in [0.15, 0.2) is 206 Å². The number of hydrogen-bond acceptors (Lipinski definition) is 0. The highest BCUT2D eigenvalue weighted by Crippen LogP contribution is 2.55. The summed E-state index contributed by atoms with van der Waals surface area (Å²) in [5.41, 5.74) is 17.8. The second kappa shape index (κ2) is 13.0. The minimum Gasteiger partial charge on any atom is -0.0622 e. The van der Waals surface area contributed by atoms with Crippen molar-refractivity contribution in [2.24, 2.45) is 0 Å². The largest absolute Gasteiger partial charge is 0.0622 e.